The van der Waals surface area contributed by atoms with Gasteiger partial charge >= 0.3 is 17.9 Å². The molecule has 0 unspecified atom stereocenters. The van der Waals surface area contributed by atoms with E-state index in [0.29, 0.717) is 36.7 Å². The van der Waals surface area contributed by atoms with Crippen LogP contribution in [0.25, 0.3) is 11.1 Å². The van der Waals surface area contributed by atoms with Crippen molar-refractivity contribution in [3.8, 4) is 34.1 Å². The van der Waals surface area contributed by atoms with E-state index in [1.165, 1.54) is 13.2 Å². The summed E-state index contributed by atoms with van der Waals surface area (Å²) in [5.74, 6) is -0.540. The van der Waals surface area contributed by atoms with Gasteiger partial charge in [0, 0.05) is 25.2 Å². The van der Waals surface area contributed by atoms with Crippen molar-refractivity contribution in [1.29, 1.82) is 0 Å². The Morgan fingerprint density at radius 3 is 2.10 bits per heavy atom. The Morgan fingerprint density at radius 1 is 0.925 bits per heavy atom. The fourth-order valence-electron chi connectivity index (χ4n) is 3.41. The van der Waals surface area contributed by atoms with Crippen molar-refractivity contribution in [3.63, 3.8) is 0 Å². The number of methoxy groups -OCH3 is 1. The highest BCUT2D eigenvalue weighted by Gasteiger charge is 2.21. The summed E-state index contributed by atoms with van der Waals surface area (Å²) in [5.41, 5.74) is 1.48. The molecular weight excluding hydrogens is 520 g/mol. The number of hydrogen-bond acceptors (Lipinski definition) is 10. The number of rotatable bonds is 15. The Labute approximate surface area is 232 Å². The molecule has 3 rings (SSSR count). The number of carbonyl (C=O) groups excluding carboxylic acids is 3. The van der Waals surface area contributed by atoms with Gasteiger partial charge in [0.25, 0.3) is 0 Å². The second kappa shape index (κ2) is 15.2. The largest absolute Gasteiger partial charge is 0.489 e. The zero-order chi connectivity index (χ0) is 28.9. The Hall–Kier alpha value is -4.41. The zero-order valence-corrected chi connectivity index (χ0v) is 22.5. The van der Waals surface area contributed by atoms with E-state index in [1.54, 1.807) is 49.4 Å². The maximum absolute atomic E-state index is 12.2. The molecule has 2 aromatic rings. The third kappa shape index (κ3) is 8.82. The Kier molecular flexibility index (Phi) is 11.5. The molecule has 212 valence electrons. The molecule has 0 aromatic heterocycles. The van der Waals surface area contributed by atoms with Crippen molar-refractivity contribution in [2.24, 2.45) is 5.92 Å². The van der Waals surface area contributed by atoms with Gasteiger partial charge in [0.2, 0.25) is 0 Å². The van der Waals surface area contributed by atoms with Crippen molar-refractivity contribution in [1.82, 2.24) is 0 Å². The smallest absolute Gasteiger partial charge is 0.335 e. The number of hydrogen-bond donors (Lipinski definition) is 0. The lowest BCUT2D eigenvalue weighted by Crippen LogP contribution is -2.32. The minimum atomic E-state index is -0.686. The molecule has 1 aliphatic rings. The van der Waals surface area contributed by atoms with Crippen molar-refractivity contribution in [2.75, 3.05) is 46.8 Å². The molecule has 0 amide bonds. The zero-order valence-electron chi connectivity index (χ0n) is 22.5. The van der Waals surface area contributed by atoms with Gasteiger partial charge in [0.1, 0.15) is 13.2 Å². The topological polar surface area (TPSA) is 116 Å². The van der Waals surface area contributed by atoms with E-state index in [4.69, 9.17) is 33.2 Å². The first-order chi connectivity index (χ1) is 19.3. The van der Waals surface area contributed by atoms with Crippen LogP contribution < -0.4 is 18.9 Å². The Bertz CT molecular complexity index is 1260. The maximum Gasteiger partial charge on any atom is 0.335 e. The van der Waals surface area contributed by atoms with Gasteiger partial charge in [-0.15, -0.1) is 0 Å². The van der Waals surface area contributed by atoms with Gasteiger partial charge in [-0.25, -0.2) is 14.4 Å². The molecule has 10 heteroatoms. The van der Waals surface area contributed by atoms with Crippen LogP contribution in [-0.4, -0.2) is 64.7 Å². The number of allylic oxidation sites excluding steroid dienone is 1. The van der Waals surface area contributed by atoms with Crippen molar-refractivity contribution >= 4 is 17.9 Å². The van der Waals surface area contributed by atoms with Crippen molar-refractivity contribution < 1.29 is 47.5 Å². The van der Waals surface area contributed by atoms with E-state index in [0.717, 1.165) is 6.08 Å². The molecule has 0 spiro atoms. The van der Waals surface area contributed by atoms with Crippen LogP contribution in [0.1, 0.15) is 6.92 Å². The van der Waals surface area contributed by atoms with E-state index < -0.39 is 17.9 Å². The Balaban J connectivity index is 1.80. The molecule has 0 aliphatic carbocycles. The molecule has 0 radical (unpaired) electrons. The summed E-state index contributed by atoms with van der Waals surface area (Å²) in [6, 6.07) is 10.1. The predicted molar refractivity (Wildman–Crippen MR) is 145 cm³/mol. The van der Waals surface area contributed by atoms with Gasteiger partial charge in [-0.1, -0.05) is 31.4 Å². The lowest BCUT2D eigenvalue weighted by molar-refractivity contribution is -0.140. The Morgan fingerprint density at radius 2 is 1.55 bits per heavy atom. The molecule has 1 fully saturated rings. The van der Waals surface area contributed by atoms with Gasteiger partial charge in [0.15, 0.2) is 23.0 Å². The average molecular weight is 553 g/mol. The van der Waals surface area contributed by atoms with Crippen LogP contribution in [0.4, 0.5) is 0 Å². The van der Waals surface area contributed by atoms with E-state index in [1.807, 2.05) is 0 Å². The van der Waals surface area contributed by atoms with Gasteiger partial charge < -0.3 is 33.2 Å². The summed E-state index contributed by atoms with van der Waals surface area (Å²) >= 11 is 0. The third-order valence-corrected chi connectivity index (χ3v) is 5.47. The average Bonchev–Trinajstić information content (AvgIpc) is 2.91. The molecule has 0 atom stereocenters. The van der Waals surface area contributed by atoms with Crippen LogP contribution >= 0.6 is 0 Å². The number of benzene rings is 2. The molecule has 40 heavy (non-hydrogen) atoms. The van der Waals surface area contributed by atoms with Crippen molar-refractivity contribution in [3.05, 3.63) is 73.4 Å². The first kappa shape index (κ1) is 30.1. The molecule has 0 N–H and O–H groups in total. The summed E-state index contributed by atoms with van der Waals surface area (Å²) in [5, 5.41) is 0. The number of esters is 3. The highest BCUT2D eigenvalue weighted by atomic mass is 16.6. The maximum atomic E-state index is 12.2. The van der Waals surface area contributed by atoms with Crippen LogP contribution in [0.5, 0.6) is 23.0 Å². The second-order valence-electron chi connectivity index (χ2n) is 8.60. The minimum absolute atomic E-state index is 0.00684. The normalized spacial score (nSPS) is 12.8. The SMILES string of the molecule is C=CC(=O)Oc1cc(-c2ccc(OCC3COC3)c(OC(=O)/C=C/C)c2)ccc1OCCOC(=O)C(=C)COC. The molecule has 1 saturated heterocycles. The van der Waals surface area contributed by atoms with Crippen LogP contribution in [-0.2, 0) is 28.6 Å². The summed E-state index contributed by atoms with van der Waals surface area (Å²) in [7, 11) is 1.45. The molecular formula is C30H32O10. The first-order valence-electron chi connectivity index (χ1n) is 12.5. The van der Waals surface area contributed by atoms with E-state index in [-0.39, 0.29) is 48.6 Å². The van der Waals surface area contributed by atoms with E-state index in [9.17, 15) is 14.4 Å². The van der Waals surface area contributed by atoms with Crippen LogP contribution in [0, 0.1) is 5.92 Å². The highest BCUT2D eigenvalue weighted by Crippen LogP contribution is 2.37. The van der Waals surface area contributed by atoms with Crippen LogP contribution in [0.2, 0.25) is 0 Å². The van der Waals surface area contributed by atoms with Gasteiger partial charge in [0.05, 0.1) is 32.0 Å². The lowest BCUT2D eigenvalue weighted by Gasteiger charge is -2.26. The quantitative estimate of drug-likeness (QED) is 0.139. The fraction of sp³-hybridized carbons (Fsp3) is 0.300. The summed E-state index contributed by atoms with van der Waals surface area (Å²) < 4.78 is 37.6. The number of carbonyl (C=O) groups is 3. The number of ether oxygens (including phenoxy) is 7. The minimum Gasteiger partial charge on any atom is -0.489 e. The first-order valence-corrected chi connectivity index (χ1v) is 12.5. The third-order valence-electron chi connectivity index (χ3n) is 5.47. The fourth-order valence-corrected chi connectivity index (χ4v) is 3.41. The van der Waals surface area contributed by atoms with Gasteiger partial charge in [-0.3, -0.25) is 0 Å². The molecule has 0 bridgehead atoms. The summed E-state index contributed by atoms with van der Waals surface area (Å²) in [6.45, 7) is 10.4. The standard InChI is InChI=1S/C30H32O10/c1-5-7-29(32)40-27-15-23(9-11-25(27)38-19-21-17-35-18-21)22-8-10-24(26(14-22)39-28(31)6-2)36-12-13-37-30(33)20(3)16-34-4/h5-11,14-15,21H,2-3,12-13,16-19H2,1,4H3/b7-5+. The van der Waals surface area contributed by atoms with Crippen LogP contribution in [0.3, 0.4) is 0 Å². The second-order valence-corrected chi connectivity index (χ2v) is 8.60. The monoisotopic (exact) mass is 552 g/mol. The van der Waals surface area contributed by atoms with E-state index in [2.05, 4.69) is 13.2 Å². The van der Waals surface area contributed by atoms with Gasteiger partial charge in [-0.2, -0.15) is 0 Å². The lowest BCUT2D eigenvalue weighted by atomic mass is 10.0. The molecule has 1 heterocycles. The molecule has 1 aliphatic heterocycles. The molecule has 10 nitrogen and oxygen atoms in total. The van der Waals surface area contributed by atoms with Crippen molar-refractivity contribution in [2.45, 2.75) is 6.92 Å². The molecule has 0 saturated carbocycles. The predicted octanol–water partition coefficient (Wildman–Crippen LogP) is 4.08. The van der Waals surface area contributed by atoms with E-state index >= 15 is 0 Å². The summed E-state index contributed by atoms with van der Waals surface area (Å²) in [6.07, 6.45) is 3.91. The van der Waals surface area contributed by atoms with Crippen LogP contribution in [0.15, 0.2) is 73.4 Å². The highest BCUT2D eigenvalue weighted by molar-refractivity contribution is 5.88. The molecule has 2 aromatic carbocycles. The summed E-state index contributed by atoms with van der Waals surface area (Å²) in [4.78, 5) is 36.1. The van der Waals surface area contributed by atoms with Gasteiger partial charge in [-0.05, 0) is 42.3 Å².